The van der Waals surface area contributed by atoms with E-state index in [1.165, 1.54) is 7.11 Å². The lowest BCUT2D eigenvalue weighted by Crippen LogP contribution is -2.33. The monoisotopic (exact) mass is 352 g/mol. The fraction of sp³-hybridized carbons (Fsp3) is 0.429. The Morgan fingerprint density at radius 2 is 1.77 bits per heavy atom. The largest absolute Gasteiger partial charge is 0.481 e. The average molecular weight is 353 g/mol. The minimum Gasteiger partial charge on any atom is -0.481 e. The summed E-state index contributed by atoms with van der Waals surface area (Å²) in [5, 5.41) is 8.47. The van der Waals surface area contributed by atoms with Crippen molar-refractivity contribution in [2.24, 2.45) is 11.5 Å². The Hall–Kier alpha value is -1.34. The normalized spacial score (nSPS) is 14.9. The van der Waals surface area contributed by atoms with Crippen LogP contribution in [0, 0.1) is 0 Å². The number of esters is 1. The van der Waals surface area contributed by atoms with Crippen LogP contribution in [0.2, 0.25) is 0 Å². The van der Waals surface area contributed by atoms with Gasteiger partial charge in [-0.2, -0.15) is 0 Å². The number of aliphatic carboxylic acids is 1. The van der Waals surface area contributed by atoms with E-state index in [1.807, 2.05) is 30.3 Å². The number of hydrogen-bond donors (Lipinski definition) is 3. The van der Waals surface area contributed by atoms with Crippen LogP contribution in [0.15, 0.2) is 30.3 Å². The van der Waals surface area contributed by atoms with Crippen LogP contribution in [0.25, 0.3) is 0 Å². The second-order valence-electron chi connectivity index (χ2n) is 4.76. The fourth-order valence-corrected chi connectivity index (χ4v) is 1.55. The van der Waals surface area contributed by atoms with E-state index in [-0.39, 0.29) is 37.2 Å². The zero-order valence-corrected chi connectivity index (χ0v) is 13.9. The minimum atomic E-state index is -0.869. The van der Waals surface area contributed by atoms with Crippen LogP contribution in [0.1, 0.15) is 30.9 Å². The summed E-state index contributed by atoms with van der Waals surface area (Å²) in [7, 11) is 1.36. The first kappa shape index (κ1) is 22.9. The number of carbonyl (C=O) groups is 2. The van der Waals surface area contributed by atoms with Gasteiger partial charge in [0, 0.05) is 6.04 Å². The van der Waals surface area contributed by atoms with Crippen molar-refractivity contribution in [2.45, 2.75) is 30.8 Å². The first-order valence-electron chi connectivity index (χ1n) is 6.28. The zero-order valence-electron chi connectivity index (χ0n) is 12.2. The fourth-order valence-electron chi connectivity index (χ4n) is 1.55. The summed E-state index contributed by atoms with van der Waals surface area (Å²) < 4.78 is 4.41. The predicted octanol–water partition coefficient (Wildman–Crippen LogP) is 1.66. The van der Waals surface area contributed by atoms with E-state index in [1.54, 1.807) is 0 Å². The van der Waals surface area contributed by atoms with Crippen LogP contribution < -0.4 is 11.5 Å². The number of methoxy groups -OCH3 is 1. The smallest absolute Gasteiger partial charge is 0.325 e. The third kappa shape index (κ3) is 7.61. The molecule has 1 aromatic carbocycles. The molecular weight excluding hydrogens is 331 g/mol. The molecule has 0 amide bonds. The Morgan fingerprint density at radius 3 is 2.09 bits per heavy atom. The quantitative estimate of drug-likeness (QED) is 0.709. The summed E-state index contributed by atoms with van der Waals surface area (Å²) in [6.07, 6.45) is 1.53. The van der Waals surface area contributed by atoms with Gasteiger partial charge in [-0.05, 0) is 18.4 Å². The van der Waals surface area contributed by atoms with Crippen molar-refractivity contribution in [3.8, 4) is 0 Å². The first-order chi connectivity index (χ1) is 9.39. The van der Waals surface area contributed by atoms with E-state index in [0.717, 1.165) is 18.4 Å². The Bertz CT molecular complexity index is 467. The minimum absolute atomic E-state index is 0. The van der Waals surface area contributed by atoms with Crippen molar-refractivity contribution >= 4 is 36.8 Å². The molecule has 0 saturated heterocycles. The first-order valence-corrected chi connectivity index (χ1v) is 6.28. The standard InChI is InChI=1S/C9H11NO2.C5H9NO2.2ClH/c10-8(6-9(11)12)7-4-2-1-3-5-7;1-8-4(7)5(6)2-3-5;;/h1-5,8H,6,10H2,(H,11,12);2-3,6H2,1H3;2*1H. The van der Waals surface area contributed by atoms with Gasteiger partial charge < -0.3 is 21.3 Å². The van der Waals surface area contributed by atoms with E-state index in [9.17, 15) is 9.59 Å². The van der Waals surface area contributed by atoms with E-state index in [4.69, 9.17) is 16.6 Å². The molecule has 2 rings (SSSR count). The van der Waals surface area contributed by atoms with Crippen molar-refractivity contribution in [2.75, 3.05) is 7.11 Å². The summed E-state index contributed by atoms with van der Waals surface area (Å²) in [5.41, 5.74) is 11.3. The molecular formula is C14H22Cl2N2O4. The summed E-state index contributed by atoms with van der Waals surface area (Å²) >= 11 is 0. The Labute approximate surface area is 142 Å². The topological polar surface area (TPSA) is 116 Å². The third-order valence-electron chi connectivity index (χ3n) is 3.00. The van der Waals surface area contributed by atoms with E-state index in [2.05, 4.69) is 4.74 Å². The van der Waals surface area contributed by atoms with E-state index in [0.29, 0.717) is 0 Å². The number of carboxylic acid groups (broad SMARTS) is 1. The highest BCUT2D eigenvalue weighted by atomic mass is 35.5. The molecule has 22 heavy (non-hydrogen) atoms. The Kier molecular flexibility index (Phi) is 10.8. The van der Waals surface area contributed by atoms with Crippen LogP contribution in [-0.2, 0) is 14.3 Å². The summed E-state index contributed by atoms with van der Waals surface area (Å²) in [6.45, 7) is 0. The lowest BCUT2D eigenvalue weighted by atomic mass is 10.1. The molecule has 0 bridgehead atoms. The maximum absolute atomic E-state index is 10.5. The maximum Gasteiger partial charge on any atom is 0.325 e. The van der Waals surface area contributed by atoms with Crippen molar-refractivity contribution < 1.29 is 19.4 Å². The molecule has 0 spiro atoms. The molecule has 0 radical (unpaired) electrons. The van der Waals surface area contributed by atoms with Crippen molar-refractivity contribution in [3.05, 3.63) is 35.9 Å². The van der Waals surface area contributed by atoms with Gasteiger partial charge in [0.05, 0.1) is 13.5 Å². The van der Waals surface area contributed by atoms with Gasteiger partial charge in [-0.1, -0.05) is 30.3 Å². The highest BCUT2D eigenvalue weighted by Crippen LogP contribution is 2.32. The molecule has 8 heteroatoms. The van der Waals surface area contributed by atoms with Gasteiger partial charge in [0.25, 0.3) is 0 Å². The molecule has 1 aromatic rings. The number of rotatable bonds is 4. The highest BCUT2D eigenvalue weighted by Gasteiger charge is 2.47. The number of ether oxygens (including phenoxy) is 1. The van der Waals surface area contributed by atoms with Gasteiger partial charge in [0.1, 0.15) is 5.54 Å². The van der Waals surface area contributed by atoms with Gasteiger partial charge in [0.2, 0.25) is 0 Å². The molecule has 1 saturated carbocycles. The third-order valence-corrected chi connectivity index (χ3v) is 3.00. The highest BCUT2D eigenvalue weighted by molar-refractivity contribution is 5.85. The van der Waals surface area contributed by atoms with Gasteiger partial charge in [-0.15, -0.1) is 24.8 Å². The summed E-state index contributed by atoms with van der Waals surface area (Å²) in [6, 6.07) is 8.82. The molecule has 0 heterocycles. The number of carboxylic acids is 1. The Morgan fingerprint density at radius 1 is 1.27 bits per heavy atom. The SMILES string of the molecule is COC(=O)C1(N)CC1.Cl.Cl.NC(CC(=O)O)c1ccccc1. The molecule has 1 unspecified atom stereocenters. The Balaban J connectivity index is 0. The van der Waals surface area contributed by atoms with Crippen molar-refractivity contribution in [1.82, 2.24) is 0 Å². The molecule has 0 aromatic heterocycles. The van der Waals surface area contributed by atoms with Gasteiger partial charge in [-0.25, -0.2) is 0 Å². The molecule has 126 valence electrons. The van der Waals surface area contributed by atoms with Crippen LogP contribution in [0.3, 0.4) is 0 Å². The second kappa shape index (κ2) is 10.4. The lowest BCUT2D eigenvalue weighted by Gasteiger charge is -2.07. The second-order valence-corrected chi connectivity index (χ2v) is 4.76. The molecule has 1 aliphatic carbocycles. The summed E-state index contributed by atoms with van der Waals surface area (Å²) in [5.74, 6) is -1.15. The summed E-state index contributed by atoms with van der Waals surface area (Å²) in [4.78, 5) is 20.9. The average Bonchev–Trinajstić information content (AvgIpc) is 3.18. The number of halogens is 2. The molecule has 1 atom stereocenters. The van der Waals surface area contributed by atoms with Crippen LogP contribution in [0.5, 0.6) is 0 Å². The molecule has 6 nitrogen and oxygen atoms in total. The van der Waals surface area contributed by atoms with Crippen LogP contribution in [-0.4, -0.2) is 29.7 Å². The zero-order chi connectivity index (χ0) is 15.2. The lowest BCUT2D eigenvalue weighted by molar-refractivity contribution is -0.143. The number of hydrogen-bond acceptors (Lipinski definition) is 5. The maximum atomic E-state index is 10.5. The van der Waals surface area contributed by atoms with Crippen LogP contribution in [0.4, 0.5) is 0 Å². The molecule has 0 aliphatic heterocycles. The van der Waals surface area contributed by atoms with Gasteiger partial charge in [0.15, 0.2) is 0 Å². The molecule has 5 N–H and O–H groups in total. The van der Waals surface area contributed by atoms with Crippen molar-refractivity contribution in [1.29, 1.82) is 0 Å². The predicted molar refractivity (Wildman–Crippen MR) is 88.3 cm³/mol. The van der Waals surface area contributed by atoms with E-state index < -0.39 is 17.6 Å². The number of benzene rings is 1. The number of carbonyl (C=O) groups excluding carboxylic acids is 1. The van der Waals surface area contributed by atoms with Crippen molar-refractivity contribution in [3.63, 3.8) is 0 Å². The van der Waals surface area contributed by atoms with Gasteiger partial charge >= 0.3 is 11.9 Å². The van der Waals surface area contributed by atoms with Gasteiger partial charge in [-0.3, -0.25) is 9.59 Å². The van der Waals surface area contributed by atoms with E-state index >= 15 is 0 Å². The number of nitrogens with two attached hydrogens (primary N) is 2. The van der Waals surface area contributed by atoms with Crippen LogP contribution >= 0.6 is 24.8 Å². The molecule has 1 fully saturated rings. The molecule has 1 aliphatic rings.